The van der Waals surface area contributed by atoms with E-state index in [9.17, 15) is 14.0 Å². The molecule has 7 heteroatoms. The molecule has 1 aromatic heterocycles. The Balaban J connectivity index is 1.48. The van der Waals surface area contributed by atoms with Crippen LogP contribution in [0.3, 0.4) is 0 Å². The maximum atomic E-state index is 13.1. The fourth-order valence-corrected chi connectivity index (χ4v) is 2.34. The van der Waals surface area contributed by atoms with Gasteiger partial charge in [0.15, 0.2) is 12.4 Å². The van der Waals surface area contributed by atoms with Crippen molar-refractivity contribution in [3.05, 3.63) is 71.4 Å². The molecule has 0 aliphatic heterocycles. The minimum atomic E-state index is -0.574. The van der Waals surface area contributed by atoms with Gasteiger partial charge in [-0.25, -0.2) is 4.39 Å². The first-order valence-electron chi connectivity index (χ1n) is 8.35. The van der Waals surface area contributed by atoms with Crippen molar-refractivity contribution in [1.29, 1.82) is 0 Å². The number of esters is 1. The number of ether oxygens (including phenoxy) is 1. The van der Waals surface area contributed by atoms with Crippen LogP contribution >= 0.6 is 0 Å². The van der Waals surface area contributed by atoms with Crippen LogP contribution < -0.4 is 0 Å². The molecule has 0 atom stereocenters. The molecule has 3 aromatic rings. The molecule has 0 unspecified atom stereocenters. The summed E-state index contributed by atoms with van der Waals surface area (Å²) in [4.78, 5) is 23.7. The lowest BCUT2D eigenvalue weighted by Gasteiger charge is -2.03. The van der Waals surface area contributed by atoms with Crippen LogP contribution in [0.25, 0.3) is 11.5 Å². The van der Waals surface area contributed by atoms with Crippen molar-refractivity contribution >= 4 is 11.8 Å². The van der Waals surface area contributed by atoms with Gasteiger partial charge in [-0.15, -0.1) is 10.2 Å². The number of aryl methyl sites for hydroxylation is 2. The predicted molar refractivity (Wildman–Crippen MR) is 94.5 cm³/mol. The Morgan fingerprint density at radius 3 is 2.63 bits per heavy atom. The highest BCUT2D eigenvalue weighted by atomic mass is 19.1. The standard InChI is InChI=1S/C20H17FN2O4/c1-13-5-7-14(8-6-13)20-23-22-18(27-20)9-10-19(25)26-12-17(24)15-3-2-4-16(21)11-15/h2-8,11H,9-10,12H2,1H3. The molecule has 0 bridgehead atoms. The monoisotopic (exact) mass is 368 g/mol. The van der Waals surface area contributed by atoms with E-state index < -0.39 is 24.2 Å². The van der Waals surface area contributed by atoms with Gasteiger partial charge in [-0.3, -0.25) is 9.59 Å². The van der Waals surface area contributed by atoms with E-state index in [1.807, 2.05) is 31.2 Å². The molecular weight excluding hydrogens is 351 g/mol. The number of hydrogen-bond acceptors (Lipinski definition) is 6. The molecule has 0 aliphatic carbocycles. The summed E-state index contributed by atoms with van der Waals surface area (Å²) >= 11 is 0. The molecule has 0 radical (unpaired) electrons. The third-order valence-electron chi connectivity index (χ3n) is 3.82. The van der Waals surface area contributed by atoms with Crippen molar-refractivity contribution in [2.75, 3.05) is 6.61 Å². The first-order valence-corrected chi connectivity index (χ1v) is 8.35. The van der Waals surface area contributed by atoms with Crippen molar-refractivity contribution < 1.29 is 23.1 Å². The molecule has 6 nitrogen and oxygen atoms in total. The zero-order valence-electron chi connectivity index (χ0n) is 14.6. The van der Waals surface area contributed by atoms with Gasteiger partial charge >= 0.3 is 5.97 Å². The van der Waals surface area contributed by atoms with E-state index in [1.54, 1.807) is 0 Å². The quantitative estimate of drug-likeness (QED) is 0.469. The third kappa shape index (κ3) is 5.07. The van der Waals surface area contributed by atoms with Crippen molar-refractivity contribution in [1.82, 2.24) is 10.2 Å². The van der Waals surface area contributed by atoms with Gasteiger partial charge in [0.1, 0.15) is 5.82 Å². The fraction of sp³-hybridized carbons (Fsp3) is 0.200. The van der Waals surface area contributed by atoms with E-state index in [1.165, 1.54) is 18.2 Å². The fourth-order valence-electron chi connectivity index (χ4n) is 2.34. The van der Waals surface area contributed by atoms with Gasteiger partial charge in [0.25, 0.3) is 0 Å². The van der Waals surface area contributed by atoms with Gasteiger partial charge in [-0.05, 0) is 31.2 Å². The predicted octanol–water partition coefficient (Wildman–Crippen LogP) is 3.54. The summed E-state index contributed by atoms with van der Waals surface area (Å²) in [5.74, 6) is -0.885. The molecule has 1 heterocycles. The zero-order chi connectivity index (χ0) is 19.2. The lowest BCUT2D eigenvalue weighted by molar-refractivity contribution is -0.142. The van der Waals surface area contributed by atoms with Crippen LogP contribution in [0.15, 0.2) is 52.9 Å². The number of Topliss-reactive ketones (excluding diaryl/α,β-unsaturated/α-hetero) is 1. The Labute approximate surface area is 155 Å². The minimum absolute atomic E-state index is 0.00797. The molecule has 0 spiro atoms. The van der Waals surface area contributed by atoms with Crippen LogP contribution in [0, 0.1) is 12.7 Å². The Kier molecular flexibility index (Phi) is 5.71. The number of rotatable bonds is 7. The molecule has 138 valence electrons. The lowest BCUT2D eigenvalue weighted by Crippen LogP contribution is -2.14. The second-order valence-electron chi connectivity index (χ2n) is 5.96. The van der Waals surface area contributed by atoms with E-state index in [0.717, 1.165) is 17.2 Å². The smallest absolute Gasteiger partial charge is 0.306 e. The number of benzene rings is 2. The van der Waals surface area contributed by atoms with Crippen LogP contribution in [0.2, 0.25) is 0 Å². The second kappa shape index (κ2) is 8.35. The second-order valence-corrected chi connectivity index (χ2v) is 5.96. The summed E-state index contributed by atoms with van der Waals surface area (Å²) in [5.41, 5.74) is 2.07. The van der Waals surface area contributed by atoms with Gasteiger partial charge < -0.3 is 9.15 Å². The Morgan fingerprint density at radius 2 is 1.89 bits per heavy atom. The van der Waals surface area contributed by atoms with Gasteiger partial charge in [-0.2, -0.15) is 0 Å². The van der Waals surface area contributed by atoms with Crippen molar-refractivity contribution in [2.24, 2.45) is 0 Å². The Bertz CT molecular complexity index is 951. The molecule has 2 aromatic carbocycles. The molecule has 0 saturated carbocycles. The number of aromatic nitrogens is 2. The van der Waals surface area contributed by atoms with E-state index in [4.69, 9.17) is 9.15 Å². The normalized spacial score (nSPS) is 10.6. The number of ketones is 1. The van der Waals surface area contributed by atoms with Crippen molar-refractivity contribution in [2.45, 2.75) is 19.8 Å². The SMILES string of the molecule is Cc1ccc(-c2nnc(CCC(=O)OCC(=O)c3cccc(F)c3)o2)cc1. The zero-order valence-corrected chi connectivity index (χ0v) is 14.6. The highest BCUT2D eigenvalue weighted by Crippen LogP contribution is 2.18. The Hall–Kier alpha value is -3.35. The van der Waals surface area contributed by atoms with Crippen LogP contribution in [0.5, 0.6) is 0 Å². The largest absolute Gasteiger partial charge is 0.457 e. The van der Waals surface area contributed by atoms with Crippen molar-refractivity contribution in [3.8, 4) is 11.5 Å². The summed E-state index contributed by atoms with van der Waals surface area (Å²) in [6.07, 6.45) is 0.192. The Morgan fingerprint density at radius 1 is 1.11 bits per heavy atom. The molecule has 0 amide bonds. The number of nitrogens with zero attached hydrogens (tertiary/aromatic N) is 2. The molecule has 0 aliphatic rings. The number of carbonyl (C=O) groups is 2. The van der Waals surface area contributed by atoms with Gasteiger partial charge in [-0.1, -0.05) is 29.8 Å². The summed E-state index contributed by atoms with van der Waals surface area (Å²) in [7, 11) is 0. The van der Waals surface area contributed by atoms with Gasteiger partial charge in [0.2, 0.25) is 11.8 Å². The van der Waals surface area contributed by atoms with Crippen molar-refractivity contribution in [3.63, 3.8) is 0 Å². The maximum absolute atomic E-state index is 13.1. The number of halogens is 1. The highest BCUT2D eigenvalue weighted by Gasteiger charge is 2.13. The van der Waals surface area contributed by atoms with E-state index in [-0.39, 0.29) is 18.4 Å². The summed E-state index contributed by atoms with van der Waals surface area (Å²) < 4.78 is 23.5. The van der Waals surface area contributed by atoms with Crippen LogP contribution in [0.4, 0.5) is 4.39 Å². The van der Waals surface area contributed by atoms with Crippen LogP contribution in [-0.2, 0) is 16.0 Å². The summed E-state index contributed by atoms with van der Waals surface area (Å²) in [6.45, 7) is 1.54. The minimum Gasteiger partial charge on any atom is -0.457 e. The summed E-state index contributed by atoms with van der Waals surface area (Å²) in [5, 5.41) is 7.86. The molecule has 0 N–H and O–H groups in total. The first kappa shape index (κ1) is 18.4. The summed E-state index contributed by atoms with van der Waals surface area (Å²) in [6, 6.07) is 12.8. The van der Waals surface area contributed by atoms with E-state index >= 15 is 0 Å². The molecule has 27 heavy (non-hydrogen) atoms. The van der Waals surface area contributed by atoms with E-state index in [0.29, 0.717) is 11.8 Å². The first-order chi connectivity index (χ1) is 13.0. The van der Waals surface area contributed by atoms with Gasteiger partial charge in [0.05, 0.1) is 6.42 Å². The third-order valence-corrected chi connectivity index (χ3v) is 3.82. The topological polar surface area (TPSA) is 82.3 Å². The molecular formula is C20H17FN2O4. The molecule has 0 saturated heterocycles. The van der Waals surface area contributed by atoms with Gasteiger partial charge in [0, 0.05) is 17.5 Å². The molecule has 0 fully saturated rings. The lowest BCUT2D eigenvalue weighted by atomic mass is 10.1. The molecule has 3 rings (SSSR count). The number of carbonyl (C=O) groups excluding carboxylic acids is 2. The number of hydrogen-bond donors (Lipinski definition) is 0. The van der Waals surface area contributed by atoms with Crippen LogP contribution in [0.1, 0.15) is 28.2 Å². The average molecular weight is 368 g/mol. The average Bonchev–Trinajstić information content (AvgIpc) is 3.14. The van der Waals surface area contributed by atoms with E-state index in [2.05, 4.69) is 10.2 Å². The maximum Gasteiger partial charge on any atom is 0.306 e. The van der Waals surface area contributed by atoms with Crippen LogP contribution in [-0.4, -0.2) is 28.6 Å². The highest BCUT2D eigenvalue weighted by molar-refractivity contribution is 5.97.